The summed E-state index contributed by atoms with van der Waals surface area (Å²) in [7, 11) is 0. The van der Waals surface area contributed by atoms with Gasteiger partial charge in [0, 0.05) is 62.7 Å². The van der Waals surface area contributed by atoms with Gasteiger partial charge in [-0.15, -0.1) is 0 Å². The second-order valence-electron chi connectivity index (χ2n) is 14.4. The average molecular weight is 830 g/mol. The molecule has 2 N–H and O–H groups in total. The van der Waals surface area contributed by atoms with Crippen LogP contribution >= 0.6 is 0 Å². The lowest BCUT2D eigenvalue weighted by Crippen LogP contribution is -2.54. The Kier molecular flexibility index (Phi) is 13.2. The van der Waals surface area contributed by atoms with E-state index in [-0.39, 0.29) is 91.9 Å². The van der Waals surface area contributed by atoms with Gasteiger partial charge in [0.05, 0.1) is 56.3 Å². The number of nitrogens with one attached hydrogen (secondary N) is 2. The topological polar surface area (TPSA) is 182 Å². The van der Waals surface area contributed by atoms with Gasteiger partial charge in [0.1, 0.15) is 41.9 Å². The molecule has 0 spiro atoms. The largest absolute Gasteiger partial charge is 0.490 e. The van der Waals surface area contributed by atoms with Gasteiger partial charge in [0.15, 0.2) is 5.82 Å². The number of rotatable bonds is 17. The minimum Gasteiger partial charge on any atom is -0.490 e. The third-order valence-electron chi connectivity index (χ3n) is 10.6. The van der Waals surface area contributed by atoms with Crippen LogP contribution in [0.3, 0.4) is 0 Å². The summed E-state index contributed by atoms with van der Waals surface area (Å²) in [6.45, 7) is 7.31. The molecule has 0 bridgehead atoms. The molecule has 0 radical (unpaired) electrons. The number of carbonyl (C=O) groups is 5. The number of hydrogen-bond donors (Lipinski definition) is 2. The summed E-state index contributed by atoms with van der Waals surface area (Å²) in [5.74, 6) is -2.90. The highest BCUT2D eigenvalue weighted by Crippen LogP contribution is 2.40. The monoisotopic (exact) mass is 829 g/mol. The normalized spacial score (nSPS) is 16.7. The molecule has 1 unspecified atom stereocenters. The van der Waals surface area contributed by atoms with E-state index in [1.165, 1.54) is 31.5 Å². The van der Waals surface area contributed by atoms with E-state index in [4.69, 9.17) is 18.9 Å². The van der Waals surface area contributed by atoms with Crippen molar-refractivity contribution in [2.75, 3.05) is 89.2 Å². The molecule has 60 heavy (non-hydrogen) atoms. The van der Waals surface area contributed by atoms with E-state index in [1.54, 1.807) is 36.1 Å². The molecule has 18 heteroatoms. The van der Waals surface area contributed by atoms with Crippen molar-refractivity contribution in [1.82, 2.24) is 25.1 Å². The Morgan fingerprint density at radius 3 is 2.27 bits per heavy atom. The Morgan fingerprint density at radius 2 is 1.55 bits per heavy atom. The molecule has 7 rings (SSSR count). The first-order valence-electron chi connectivity index (χ1n) is 19.7. The smallest absolute Gasteiger partial charge is 0.264 e. The highest BCUT2D eigenvalue weighted by Gasteiger charge is 2.45. The summed E-state index contributed by atoms with van der Waals surface area (Å²) in [6, 6.07) is 9.87. The van der Waals surface area contributed by atoms with Crippen molar-refractivity contribution in [2.45, 2.75) is 32.7 Å². The van der Waals surface area contributed by atoms with Gasteiger partial charge in [-0.05, 0) is 49.2 Å². The Morgan fingerprint density at radius 1 is 0.850 bits per heavy atom. The molecule has 2 fully saturated rings. The molecule has 0 aliphatic carbocycles. The number of piperidine rings is 1. The van der Waals surface area contributed by atoms with Gasteiger partial charge in [0.25, 0.3) is 11.8 Å². The number of aryl methyl sites for hydroxylation is 1. The molecule has 1 aromatic heterocycles. The lowest BCUT2D eigenvalue weighted by molar-refractivity contribution is -0.136. The van der Waals surface area contributed by atoms with E-state index >= 15 is 8.78 Å². The van der Waals surface area contributed by atoms with E-state index in [0.717, 1.165) is 4.90 Å². The lowest BCUT2D eigenvalue weighted by Gasteiger charge is -2.35. The summed E-state index contributed by atoms with van der Waals surface area (Å²) in [4.78, 5) is 75.3. The van der Waals surface area contributed by atoms with Crippen LogP contribution in [-0.2, 0) is 28.6 Å². The van der Waals surface area contributed by atoms with E-state index in [1.807, 2.05) is 4.90 Å². The van der Waals surface area contributed by atoms with E-state index in [2.05, 4.69) is 20.6 Å². The van der Waals surface area contributed by atoms with Crippen LogP contribution in [0, 0.1) is 18.6 Å². The number of nitrogens with zero attached hydrogens (tertiary/aromatic N) is 5. The van der Waals surface area contributed by atoms with Gasteiger partial charge >= 0.3 is 0 Å². The van der Waals surface area contributed by atoms with Crippen LogP contribution in [-0.4, -0.2) is 134 Å². The maximum atomic E-state index is 16.3. The number of ether oxygens (including phenoxy) is 4. The van der Waals surface area contributed by atoms with Crippen molar-refractivity contribution in [1.29, 1.82) is 0 Å². The predicted molar refractivity (Wildman–Crippen MR) is 214 cm³/mol. The minimum absolute atomic E-state index is 0.000672. The molecule has 3 aromatic carbocycles. The first-order chi connectivity index (χ1) is 29.0. The number of amides is 5. The molecule has 3 aliphatic heterocycles. The Bertz CT molecular complexity index is 2300. The third kappa shape index (κ3) is 8.90. The molecule has 16 nitrogen and oxygen atoms in total. The zero-order valence-electron chi connectivity index (χ0n) is 33.3. The Balaban J connectivity index is 0.824. The molecule has 4 aromatic rings. The van der Waals surface area contributed by atoms with Crippen molar-refractivity contribution in [3.63, 3.8) is 0 Å². The van der Waals surface area contributed by atoms with Gasteiger partial charge in [0.2, 0.25) is 17.7 Å². The number of anilines is 2. The van der Waals surface area contributed by atoms with Crippen LogP contribution in [0.4, 0.5) is 20.3 Å². The summed E-state index contributed by atoms with van der Waals surface area (Å²) in [5.41, 5.74) is 1.37. The average Bonchev–Trinajstić information content (AvgIpc) is 3.49. The number of piperazine rings is 1. The van der Waals surface area contributed by atoms with Crippen LogP contribution in [0.25, 0.3) is 22.0 Å². The number of fused-ring (bicyclic) bond motifs is 2. The molecule has 1 atom stereocenters. The van der Waals surface area contributed by atoms with Crippen LogP contribution in [0.5, 0.6) is 5.75 Å². The zero-order valence-corrected chi connectivity index (χ0v) is 33.3. The maximum Gasteiger partial charge on any atom is 0.264 e. The van der Waals surface area contributed by atoms with Crippen molar-refractivity contribution in [3.05, 3.63) is 77.1 Å². The summed E-state index contributed by atoms with van der Waals surface area (Å²) in [6.07, 6.45) is 1.41. The molecule has 3 aliphatic rings. The summed E-state index contributed by atoms with van der Waals surface area (Å²) < 4.78 is 54.5. The molecular weight excluding hydrogens is 784 g/mol. The highest BCUT2D eigenvalue weighted by atomic mass is 19.1. The minimum atomic E-state index is -1.04. The van der Waals surface area contributed by atoms with Crippen LogP contribution < -0.4 is 20.3 Å². The van der Waals surface area contributed by atoms with Crippen molar-refractivity contribution >= 4 is 51.9 Å². The summed E-state index contributed by atoms with van der Waals surface area (Å²) >= 11 is 0. The van der Waals surface area contributed by atoms with Gasteiger partial charge in [-0.1, -0.05) is 12.1 Å². The third-order valence-corrected chi connectivity index (χ3v) is 10.6. The zero-order chi connectivity index (χ0) is 42.3. The number of halogens is 2. The van der Waals surface area contributed by atoms with Crippen molar-refractivity contribution in [2.24, 2.45) is 0 Å². The number of carbonyl (C=O) groups excluding carboxylic acids is 5. The first-order valence-corrected chi connectivity index (χ1v) is 19.7. The van der Waals surface area contributed by atoms with Gasteiger partial charge in [-0.2, -0.15) is 0 Å². The van der Waals surface area contributed by atoms with Gasteiger partial charge in [-0.25, -0.2) is 18.7 Å². The van der Waals surface area contributed by atoms with Crippen LogP contribution in [0.15, 0.2) is 48.8 Å². The Hall–Kier alpha value is -6.11. The SMILES string of the molecule is CC(=O)N1CCN(c2ncnc3c(F)c(-c4c(F)cccc4OCCOCCOCCOCCNc4cccc5c4C(=O)N(C4CCC(=O)NC4=O)C5=O)c(C)cc23)CC1. The molecule has 4 heterocycles. The van der Waals surface area contributed by atoms with E-state index < -0.39 is 41.3 Å². The van der Waals surface area contributed by atoms with E-state index in [9.17, 15) is 24.0 Å². The Labute approximate surface area is 344 Å². The first kappa shape index (κ1) is 42.0. The predicted octanol–water partition coefficient (Wildman–Crippen LogP) is 3.49. The highest BCUT2D eigenvalue weighted by molar-refractivity contribution is 6.25. The molecule has 316 valence electrons. The van der Waals surface area contributed by atoms with Crippen molar-refractivity contribution < 1.29 is 51.7 Å². The fourth-order valence-corrected chi connectivity index (χ4v) is 7.61. The van der Waals surface area contributed by atoms with E-state index in [0.29, 0.717) is 61.8 Å². The molecule has 5 amide bonds. The summed E-state index contributed by atoms with van der Waals surface area (Å²) in [5, 5.41) is 5.80. The number of imide groups is 2. The fourth-order valence-electron chi connectivity index (χ4n) is 7.61. The number of benzene rings is 3. The standard InChI is InChI=1S/C42H45F2N7O9/c1-25-23-28-38(46-24-47-39(28)50-14-12-49(13-15-50)26(2)52)37(44)34(25)36-29(43)6-4-8-32(36)60-22-21-59-20-19-58-18-17-57-16-11-45-30-7-3-5-27-35(30)42(56)51(41(27)55)31-9-10-33(53)48-40(31)54/h3-8,23-24,31,45H,9-22H2,1-2H3,(H,48,53,54). The van der Waals surface area contributed by atoms with Crippen LogP contribution in [0.1, 0.15) is 46.0 Å². The van der Waals surface area contributed by atoms with Gasteiger partial charge in [-0.3, -0.25) is 34.2 Å². The van der Waals surface area contributed by atoms with Crippen molar-refractivity contribution in [3.8, 4) is 16.9 Å². The van der Waals surface area contributed by atoms with Crippen LogP contribution in [0.2, 0.25) is 0 Å². The lowest BCUT2D eigenvalue weighted by atomic mass is 9.96. The fraction of sp³-hybridized carbons (Fsp3) is 0.405. The van der Waals surface area contributed by atoms with Gasteiger partial charge < -0.3 is 34.1 Å². The molecule has 2 saturated heterocycles. The second-order valence-corrected chi connectivity index (χ2v) is 14.4. The molecular formula is C42H45F2N7O9. The second kappa shape index (κ2) is 18.9. The number of aromatic nitrogens is 2. The quantitative estimate of drug-likeness (QED) is 0.117. The maximum absolute atomic E-state index is 16.3. The molecule has 0 saturated carbocycles. The number of hydrogen-bond acceptors (Lipinski definition) is 13.